The quantitative estimate of drug-likeness (QED) is 0.0268. The second-order valence-electron chi connectivity index (χ2n) is 16.7. The van der Waals surface area contributed by atoms with Crippen molar-refractivity contribution in [1.82, 2.24) is 0 Å². The van der Waals surface area contributed by atoms with Crippen LogP contribution in [0.4, 0.5) is 0 Å². The number of ether oxygens (including phenoxy) is 2. The van der Waals surface area contributed by atoms with Gasteiger partial charge in [0, 0.05) is 19.6 Å². The molecular formula is C53H96NO7P. The Morgan fingerprint density at radius 2 is 0.903 bits per heavy atom. The molecule has 3 N–H and O–H groups in total. The van der Waals surface area contributed by atoms with Gasteiger partial charge in [0.05, 0.1) is 19.8 Å². The zero-order valence-corrected chi connectivity index (χ0v) is 41.0. The van der Waals surface area contributed by atoms with E-state index in [4.69, 9.17) is 24.3 Å². The van der Waals surface area contributed by atoms with Gasteiger partial charge in [-0.2, -0.15) is 0 Å². The molecule has 0 bridgehead atoms. The Kier molecular flexibility index (Phi) is 48.3. The standard InChI is InChI=1S/C53H96NO7P/c1-3-5-7-9-11-13-15-17-19-21-23-25-27-29-31-33-35-37-39-41-43-45-48-58-50-52(51-60-62(56,57)59-49-47-54)61-53(55)46-44-42-40-38-36-34-32-30-28-26-24-22-20-18-16-14-12-10-8-6-4-2/h5,7,11,13,17,19,23,25,29,31,35,37,52H,3-4,6,8-10,12,14-16,18,20-22,24,26-28,30,32-34,36,38-51,54H2,1-2H3,(H,56,57)/b7-5-,13-11-,19-17-,25-23-,31-29-,37-35-. The smallest absolute Gasteiger partial charge is 0.457 e. The largest absolute Gasteiger partial charge is 0.472 e. The van der Waals surface area contributed by atoms with Gasteiger partial charge < -0.3 is 20.1 Å². The summed E-state index contributed by atoms with van der Waals surface area (Å²) in [5, 5.41) is 0. The Hall–Kier alpha value is -2.06. The second kappa shape index (κ2) is 49.9. The predicted molar refractivity (Wildman–Crippen MR) is 265 cm³/mol. The van der Waals surface area contributed by atoms with Gasteiger partial charge in [0.2, 0.25) is 0 Å². The van der Waals surface area contributed by atoms with Gasteiger partial charge in [-0.25, -0.2) is 4.57 Å². The molecule has 0 rings (SSSR count). The van der Waals surface area contributed by atoms with Crippen LogP contribution in [0.25, 0.3) is 0 Å². The highest BCUT2D eigenvalue weighted by molar-refractivity contribution is 7.47. The average Bonchev–Trinajstić information content (AvgIpc) is 3.26. The molecule has 0 saturated heterocycles. The maximum atomic E-state index is 12.7. The minimum Gasteiger partial charge on any atom is -0.457 e. The zero-order valence-electron chi connectivity index (χ0n) is 40.1. The van der Waals surface area contributed by atoms with Gasteiger partial charge >= 0.3 is 13.8 Å². The molecule has 0 aliphatic rings. The Morgan fingerprint density at radius 1 is 0.500 bits per heavy atom. The van der Waals surface area contributed by atoms with Crippen LogP contribution < -0.4 is 5.73 Å². The van der Waals surface area contributed by atoms with E-state index in [1.807, 2.05) is 0 Å². The van der Waals surface area contributed by atoms with E-state index >= 15 is 0 Å². The van der Waals surface area contributed by atoms with Gasteiger partial charge in [0.25, 0.3) is 0 Å². The number of hydrogen-bond acceptors (Lipinski definition) is 7. The van der Waals surface area contributed by atoms with Crippen molar-refractivity contribution < 1.29 is 32.8 Å². The molecule has 0 aromatic heterocycles. The summed E-state index contributed by atoms with van der Waals surface area (Å²) < 4.78 is 33.5. The van der Waals surface area contributed by atoms with Gasteiger partial charge in [-0.1, -0.05) is 222 Å². The van der Waals surface area contributed by atoms with Crippen LogP contribution in [-0.2, 0) is 27.9 Å². The molecule has 2 atom stereocenters. The summed E-state index contributed by atoms with van der Waals surface area (Å²) in [6.45, 7) is 4.74. The molecule has 0 spiro atoms. The third-order valence-corrected chi connectivity index (χ3v) is 11.6. The molecule has 2 unspecified atom stereocenters. The van der Waals surface area contributed by atoms with E-state index in [2.05, 4.69) is 86.8 Å². The molecular weight excluding hydrogens is 794 g/mol. The summed E-state index contributed by atoms with van der Waals surface area (Å²) in [4.78, 5) is 22.6. The van der Waals surface area contributed by atoms with Crippen LogP contribution in [0.2, 0.25) is 0 Å². The lowest BCUT2D eigenvalue weighted by Crippen LogP contribution is -2.28. The van der Waals surface area contributed by atoms with Crippen LogP contribution in [0.3, 0.4) is 0 Å². The lowest BCUT2D eigenvalue weighted by molar-refractivity contribution is -0.154. The van der Waals surface area contributed by atoms with E-state index in [0.717, 1.165) is 83.5 Å². The van der Waals surface area contributed by atoms with Crippen molar-refractivity contribution in [3.05, 3.63) is 72.9 Å². The molecule has 360 valence electrons. The number of hydrogen-bond donors (Lipinski definition) is 2. The van der Waals surface area contributed by atoms with E-state index in [1.165, 1.54) is 116 Å². The van der Waals surface area contributed by atoms with Crippen molar-refractivity contribution in [2.24, 2.45) is 5.73 Å². The Labute approximate surface area is 382 Å². The van der Waals surface area contributed by atoms with Gasteiger partial charge in [-0.15, -0.1) is 0 Å². The second-order valence-corrected chi connectivity index (χ2v) is 18.1. The summed E-state index contributed by atoms with van der Waals surface area (Å²) in [5.74, 6) is -0.341. The van der Waals surface area contributed by atoms with Crippen molar-refractivity contribution in [2.75, 3.05) is 33.0 Å². The minimum atomic E-state index is -4.29. The van der Waals surface area contributed by atoms with E-state index in [9.17, 15) is 14.3 Å². The van der Waals surface area contributed by atoms with Crippen LogP contribution >= 0.6 is 7.82 Å². The molecule has 0 aromatic rings. The molecule has 0 aliphatic heterocycles. The van der Waals surface area contributed by atoms with Crippen molar-refractivity contribution in [3.63, 3.8) is 0 Å². The minimum absolute atomic E-state index is 0.0923. The van der Waals surface area contributed by atoms with E-state index in [-0.39, 0.29) is 32.3 Å². The lowest BCUT2D eigenvalue weighted by atomic mass is 10.0. The molecule has 0 fully saturated rings. The van der Waals surface area contributed by atoms with Crippen LogP contribution in [-0.4, -0.2) is 49.9 Å². The number of esters is 1. The summed E-state index contributed by atoms with van der Waals surface area (Å²) in [6, 6.07) is 0. The maximum absolute atomic E-state index is 12.7. The Balaban J connectivity index is 4.02. The number of rotatable bonds is 48. The highest BCUT2D eigenvalue weighted by atomic mass is 31.2. The molecule has 9 heteroatoms. The van der Waals surface area contributed by atoms with E-state index in [0.29, 0.717) is 13.0 Å². The maximum Gasteiger partial charge on any atom is 0.472 e. The van der Waals surface area contributed by atoms with Gasteiger partial charge in [0.1, 0.15) is 6.10 Å². The highest BCUT2D eigenvalue weighted by Crippen LogP contribution is 2.43. The first-order valence-corrected chi connectivity index (χ1v) is 26.9. The topological polar surface area (TPSA) is 117 Å². The first kappa shape index (κ1) is 59.9. The van der Waals surface area contributed by atoms with Gasteiger partial charge in [0.15, 0.2) is 0 Å². The Bertz CT molecular complexity index is 1180. The third kappa shape index (κ3) is 49.0. The molecule has 0 radical (unpaired) electrons. The van der Waals surface area contributed by atoms with Crippen molar-refractivity contribution >= 4 is 13.8 Å². The fourth-order valence-corrected chi connectivity index (χ4v) is 7.71. The van der Waals surface area contributed by atoms with Crippen molar-refractivity contribution in [2.45, 2.75) is 225 Å². The molecule has 8 nitrogen and oxygen atoms in total. The monoisotopic (exact) mass is 890 g/mol. The number of phosphoric acid groups is 1. The van der Waals surface area contributed by atoms with Crippen molar-refractivity contribution in [3.8, 4) is 0 Å². The first-order valence-electron chi connectivity index (χ1n) is 25.4. The number of allylic oxidation sites excluding steroid dienone is 12. The molecule has 0 saturated carbocycles. The van der Waals surface area contributed by atoms with E-state index < -0.39 is 13.9 Å². The zero-order chi connectivity index (χ0) is 45.1. The highest BCUT2D eigenvalue weighted by Gasteiger charge is 2.25. The fourth-order valence-electron chi connectivity index (χ4n) is 6.94. The number of nitrogens with two attached hydrogens (primary N) is 1. The van der Waals surface area contributed by atoms with Crippen LogP contribution in [0.1, 0.15) is 219 Å². The predicted octanol–water partition coefficient (Wildman–Crippen LogP) is 15.9. The first-order chi connectivity index (χ1) is 30.4. The summed E-state index contributed by atoms with van der Waals surface area (Å²) in [5.41, 5.74) is 5.39. The molecule has 62 heavy (non-hydrogen) atoms. The Morgan fingerprint density at radius 3 is 1.34 bits per heavy atom. The summed E-state index contributed by atoms with van der Waals surface area (Å²) in [7, 11) is -4.29. The normalized spacial score (nSPS) is 13.9. The molecule has 0 heterocycles. The number of carbonyl (C=O) groups is 1. The number of carbonyl (C=O) groups excluding carboxylic acids is 1. The van der Waals surface area contributed by atoms with Crippen molar-refractivity contribution in [1.29, 1.82) is 0 Å². The van der Waals surface area contributed by atoms with Crippen LogP contribution in [0.5, 0.6) is 0 Å². The number of unbranched alkanes of at least 4 members (excludes halogenated alkanes) is 23. The fraction of sp³-hybridized carbons (Fsp3) is 0.755. The molecule has 0 aromatic carbocycles. The molecule has 0 amide bonds. The van der Waals surface area contributed by atoms with Gasteiger partial charge in [-0.3, -0.25) is 13.8 Å². The van der Waals surface area contributed by atoms with Crippen LogP contribution in [0.15, 0.2) is 72.9 Å². The summed E-state index contributed by atoms with van der Waals surface area (Å²) in [6.07, 6.45) is 63.7. The third-order valence-electron chi connectivity index (χ3n) is 10.6. The van der Waals surface area contributed by atoms with Gasteiger partial charge in [-0.05, 0) is 64.2 Å². The summed E-state index contributed by atoms with van der Waals surface area (Å²) >= 11 is 0. The SMILES string of the molecule is CC/C=C\C/C=C\C/C=C\C/C=C\C/C=C\C/C=C\CCCCCOCC(COP(=O)(O)OCCN)OC(=O)CCCCCCCCCCCCCCCCCCCCCCC. The average molecular weight is 890 g/mol. The number of phosphoric ester groups is 1. The van der Waals surface area contributed by atoms with E-state index in [1.54, 1.807) is 0 Å². The van der Waals surface area contributed by atoms with Crippen LogP contribution in [0, 0.1) is 0 Å². The molecule has 0 aliphatic carbocycles. The lowest BCUT2D eigenvalue weighted by Gasteiger charge is -2.20.